The molecule has 5 rings (SSSR count). The number of nitrogens with zero attached hydrogens (tertiary/aromatic N) is 2. The fraction of sp³-hybridized carbons (Fsp3) is 0.174. The van der Waals surface area contributed by atoms with Crippen molar-refractivity contribution in [1.29, 1.82) is 0 Å². The molecule has 3 heterocycles. The number of carbonyl (C=O) groups excluding carboxylic acids is 3. The molecule has 2 aromatic carbocycles. The van der Waals surface area contributed by atoms with E-state index < -0.39 is 11.9 Å². The first kappa shape index (κ1) is 20.5. The molecule has 3 amide bonds. The number of imide groups is 1. The smallest absolute Gasteiger partial charge is 0.264 e. The van der Waals surface area contributed by atoms with Crippen molar-refractivity contribution < 1.29 is 23.9 Å². The van der Waals surface area contributed by atoms with Gasteiger partial charge in [0.25, 0.3) is 11.8 Å². The lowest BCUT2D eigenvalue weighted by molar-refractivity contribution is -0.122. The highest BCUT2D eigenvalue weighted by Gasteiger charge is 2.44. The van der Waals surface area contributed by atoms with Crippen LogP contribution < -0.4 is 14.4 Å². The minimum atomic E-state index is -0.918. The summed E-state index contributed by atoms with van der Waals surface area (Å²) in [6.45, 7) is 0.286. The zero-order valence-corrected chi connectivity index (χ0v) is 18.3. The molecule has 0 radical (unpaired) electrons. The SMILES string of the molecule is O=C1CC(N(Cc2ccc3c(c2)OCO3)C(=O)c2cccs2)C(=O)N1c1ccc(Cl)cc1. The van der Waals surface area contributed by atoms with Gasteiger partial charge in [0.2, 0.25) is 12.7 Å². The Labute approximate surface area is 192 Å². The van der Waals surface area contributed by atoms with Crippen LogP contribution in [0, 0.1) is 0 Å². The monoisotopic (exact) mass is 468 g/mol. The summed E-state index contributed by atoms with van der Waals surface area (Å²) >= 11 is 7.23. The van der Waals surface area contributed by atoms with Crippen molar-refractivity contribution in [2.45, 2.75) is 19.0 Å². The van der Waals surface area contributed by atoms with Gasteiger partial charge in [-0.1, -0.05) is 23.7 Å². The van der Waals surface area contributed by atoms with E-state index in [-0.39, 0.29) is 31.6 Å². The van der Waals surface area contributed by atoms with Crippen LogP contribution >= 0.6 is 22.9 Å². The molecule has 32 heavy (non-hydrogen) atoms. The molecule has 0 spiro atoms. The normalized spacial score (nSPS) is 17.2. The number of ether oxygens (including phenoxy) is 2. The van der Waals surface area contributed by atoms with Gasteiger partial charge in [0, 0.05) is 11.6 Å². The number of thiophene rings is 1. The number of amides is 3. The van der Waals surface area contributed by atoms with E-state index in [0.29, 0.717) is 27.1 Å². The molecule has 162 valence electrons. The van der Waals surface area contributed by atoms with E-state index in [0.717, 1.165) is 10.5 Å². The van der Waals surface area contributed by atoms with Crippen molar-refractivity contribution >= 4 is 46.3 Å². The third-order valence-corrected chi connectivity index (χ3v) is 6.48. The Balaban J connectivity index is 1.47. The van der Waals surface area contributed by atoms with Crippen LogP contribution in [-0.4, -0.2) is 35.5 Å². The van der Waals surface area contributed by atoms with Gasteiger partial charge in [-0.3, -0.25) is 14.4 Å². The molecule has 0 aliphatic carbocycles. The zero-order valence-electron chi connectivity index (χ0n) is 16.7. The number of halogens is 1. The van der Waals surface area contributed by atoms with Gasteiger partial charge in [0.1, 0.15) is 6.04 Å². The first-order valence-electron chi connectivity index (χ1n) is 9.86. The summed E-state index contributed by atoms with van der Waals surface area (Å²) in [6.07, 6.45) is -0.0941. The van der Waals surface area contributed by atoms with Crippen LogP contribution in [0.5, 0.6) is 11.5 Å². The molecule has 1 saturated heterocycles. The van der Waals surface area contributed by atoms with Gasteiger partial charge in [-0.15, -0.1) is 11.3 Å². The maximum absolute atomic E-state index is 13.4. The summed E-state index contributed by atoms with van der Waals surface area (Å²) in [5.41, 5.74) is 1.20. The molecule has 1 atom stereocenters. The third kappa shape index (κ3) is 3.72. The molecule has 0 bridgehead atoms. The minimum absolute atomic E-state index is 0.0941. The Morgan fingerprint density at radius 3 is 2.62 bits per heavy atom. The summed E-state index contributed by atoms with van der Waals surface area (Å²) in [4.78, 5) is 42.6. The molecule has 9 heteroatoms. The first-order chi connectivity index (χ1) is 15.5. The molecule has 0 saturated carbocycles. The van der Waals surface area contributed by atoms with Crippen molar-refractivity contribution in [3.63, 3.8) is 0 Å². The van der Waals surface area contributed by atoms with Crippen LogP contribution in [0.15, 0.2) is 60.0 Å². The predicted molar refractivity (Wildman–Crippen MR) is 119 cm³/mol. The van der Waals surface area contributed by atoms with Crippen molar-refractivity contribution in [2.24, 2.45) is 0 Å². The van der Waals surface area contributed by atoms with Gasteiger partial charge in [0.05, 0.1) is 17.0 Å². The third-order valence-electron chi connectivity index (χ3n) is 5.37. The minimum Gasteiger partial charge on any atom is -0.454 e. The number of hydrogen-bond acceptors (Lipinski definition) is 6. The summed E-state index contributed by atoms with van der Waals surface area (Å²) in [5.74, 6) is 0.107. The van der Waals surface area contributed by atoms with Crippen LogP contribution in [0.4, 0.5) is 5.69 Å². The average Bonchev–Trinajstić information content (AvgIpc) is 3.53. The molecule has 1 unspecified atom stereocenters. The molecular weight excluding hydrogens is 452 g/mol. The van der Waals surface area contributed by atoms with Crippen molar-refractivity contribution in [3.05, 3.63) is 75.4 Å². The molecule has 7 nitrogen and oxygen atoms in total. The summed E-state index contributed by atoms with van der Waals surface area (Å²) in [7, 11) is 0. The molecule has 2 aliphatic heterocycles. The Kier molecular flexibility index (Phi) is 5.32. The Hall–Kier alpha value is -3.36. The highest BCUT2D eigenvalue weighted by atomic mass is 35.5. The number of fused-ring (bicyclic) bond motifs is 1. The van der Waals surface area contributed by atoms with E-state index in [1.165, 1.54) is 16.2 Å². The molecule has 0 N–H and O–H groups in total. The van der Waals surface area contributed by atoms with Gasteiger partial charge in [0.15, 0.2) is 11.5 Å². The summed E-state index contributed by atoms with van der Waals surface area (Å²) in [5, 5.41) is 2.30. The van der Waals surface area contributed by atoms with E-state index in [4.69, 9.17) is 21.1 Å². The lowest BCUT2D eigenvalue weighted by atomic mass is 10.1. The lowest BCUT2D eigenvalue weighted by Gasteiger charge is -2.27. The second kappa shape index (κ2) is 8.29. The van der Waals surface area contributed by atoms with Gasteiger partial charge in [-0.2, -0.15) is 0 Å². The van der Waals surface area contributed by atoms with E-state index in [9.17, 15) is 14.4 Å². The van der Waals surface area contributed by atoms with Gasteiger partial charge in [-0.05, 0) is 53.4 Å². The number of rotatable bonds is 5. The van der Waals surface area contributed by atoms with Crippen LogP contribution in [0.2, 0.25) is 5.02 Å². The number of carbonyl (C=O) groups is 3. The molecular formula is C23H17ClN2O5S. The number of hydrogen-bond donors (Lipinski definition) is 0. The summed E-state index contributed by atoms with van der Waals surface area (Å²) in [6, 6.07) is 14.4. The molecule has 2 aliphatic rings. The maximum atomic E-state index is 13.4. The van der Waals surface area contributed by atoms with Crippen LogP contribution in [0.3, 0.4) is 0 Å². The molecule has 1 fully saturated rings. The van der Waals surface area contributed by atoms with E-state index >= 15 is 0 Å². The summed E-state index contributed by atoms with van der Waals surface area (Å²) < 4.78 is 10.8. The Bertz CT molecular complexity index is 1200. The van der Waals surface area contributed by atoms with E-state index in [1.807, 2.05) is 6.07 Å². The van der Waals surface area contributed by atoms with Crippen LogP contribution in [0.1, 0.15) is 21.7 Å². The number of anilines is 1. The van der Waals surface area contributed by atoms with E-state index in [1.54, 1.807) is 53.9 Å². The predicted octanol–water partition coefficient (Wildman–Crippen LogP) is 4.10. The van der Waals surface area contributed by atoms with Crippen molar-refractivity contribution in [2.75, 3.05) is 11.7 Å². The van der Waals surface area contributed by atoms with Crippen LogP contribution in [-0.2, 0) is 16.1 Å². The van der Waals surface area contributed by atoms with Gasteiger partial charge < -0.3 is 14.4 Å². The van der Waals surface area contributed by atoms with Crippen LogP contribution in [0.25, 0.3) is 0 Å². The second-order valence-corrected chi connectivity index (χ2v) is 8.75. The first-order valence-corrected chi connectivity index (χ1v) is 11.1. The standard InChI is InChI=1S/C23H17ClN2O5S/c24-15-4-6-16(7-5-15)26-21(27)11-17(22(26)28)25(23(29)20-2-1-9-32-20)12-14-3-8-18-19(10-14)31-13-30-18/h1-10,17H,11-13H2. The molecule has 1 aromatic heterocycles. The lowest BCUT2D eigenvalue weighted by Crippen LogP contribution is -2.44. The number of benzene rings is 2. The fourth-order valence-electron chi connectivity index (χ4n) is 3.82. The van der Waals surface area contributed by atoms with Gasteiger partial charge in [-0.25, -0.2) is 4.90 Å². The highest BCUT2D eigenvalue weighted by Crippen LogP contribution is 2.34. The Morgan fingerprint density at radius 1 is 1.09 bits per heavy atom. The fourth-order valence-corrected chi connectivity index (χ4v) is 4.63. The van der Waals surface area contributed by atoms with E-state index in [2.05, 4.69) is 0 Å². The molecule has 3 aromatic rings. The van der Waals surface area contributed by atoms with Gasteiger partial charge >= 0.3 is 0 Å². The maximum Gasteiger partial charge on any atom is 0.264 e. The highest BCUT2D eigenvalue weighted by molar-refractivity contribution is 7.12. The topological polar surface area (TPSA) is 76.1 Å². The zero-order chi connectivity index (χ0) is 22.2. The second-order valence-electron chi connectivity index (χ2n) is 7.36. The van der Waals surface area contributed by atoms with Crippen molar-refractivity contribution in [3.8, 4) is 11.5 Å². The average molecular weight is 469 g/mol. The van der Waals surface area contributed by atoms with Crippen molar-refractivity contribution in [1.82, 2.24) is 4.90 Å². The largest absolute Gasteiger partial charge is 0.454 e. The quantitative estimate of drug-likeness (QED) is 0.527. The Morgan fingerprint density at radius 2 is 1.88 bits per heavy atom.